The van der Waals surface area contributed by atoms with E-state index in [0.29, 0.717) is 11.7 Å². The van der Waals surface area contributed by atoms with Crippen molar-refractivity contribution < 1.29 is 19.1 Å². The summed E-state index contributed by atoms with van der Waals surface area (Å²) in [6.45, 7) is 10.8. The minimum absolute atomic E-state index is 0. The number of nitrogens with zero attached hydrogens (tertiary/aromatic N) is 3. The molecule has 270 valence electrons. The Morgan fingerprint density at radius 1 is 0.960 bits per heavy atom. The van der Waals surface area contributed by atoms with Crippen LogP contribution in [0.25, 0.3) is 22.3 Å². The van der Waals surface area contributed by atoms with Gasteiger partial charge in [0.25, 0.3) is 0 Å². The van der Waals surface area contributed by atoms with Crippen LogP contribution in [0.3, 0.4) is 0 Å². The average Bonchev–Trinajstić information content (AvgIpc) is 3.84. The normalized spacial score (nSPS) is 14.8. The maximum Gasteiger partial charge on any atom is 0.407 e. The van der Waals surface area contributed by atoms with Crippen LogP contribution in [0.5, 0.6) is 0 Å². The number of carbonyl (C=O) groups excluding carboxylic acids is 3. The molecule has 1 aliphatic rings. The summed E-state index contributed by atoms with van der Waals surface area (Å²) in [5.41, 5.74) is 5.24. The molecule has 4 N–H and O–H groups in total. The van der Waals surface area contributed by atoms with Crippen molar-refractivity contribution in [3.8, 4) is 23.1 Å². The Bertz CT molecular complexity index is 1810. The van der Waals surface area contributed by atoms with E-state index in [1.165, 1.54) is 7.11 Å². The van der Waals surface area contributed by atoms with Crippen LogP contribution in [0.2, 0.25) is 0 Å². The van der Waals surface area contributed by atoms with Gasteiger partial charge >= 0.3 is 6.09 Å². The Morgan fingerprint density at radius 2 is 1.64 bits per heavy atom. The molecular weight excluding hydrogens is 691 g/mol. The molecule has 5 rings (SSSR count). The number of aromatic amines is 2. The molecule has 3 heterocycles. The first-order valence-electron chi connectivity index (χ1n) is 16.1. The third-order valence-corrected chi connectivity index (χ3v) is 8.75. The molecule has 4 aromatic rings. The van der Waals surface area contributed by atoms with E-state index in [-0.39, 0.29) is 76.7 Å². The number of fused-ring (bicyclic) bond motifs is 1. The van der Waals surface area contributed by atoms with Gasteiger partial charge in [-0.25, -0.2) is 14.8 Å². The summed E-state index contributed by atoms with van der Waals surface area (Å²) >= 11 is 0. The van der Waals surface area contributed by atoms with E-state index >= 15 is 0 Å². The number of rotatable bonds is 9. The number of alkyl carbamates (subject to hydrolysis) is 1. The van der Waals surface area contributed by atoms with Gasteiger partial charge in [0.1, 0.15) is 17.7 Å². The molecule has 1 saturated heterocycles. The molecule has 0 unspecified atom stereocenters. The molecule has 0 radical (unpaired) electrons. The third kappa shape index (κ3) is 10.0. The highest BCUT2D eigenvalue weighted by atomic mass is 32.1. The first kappa shape index (κ1) is 42.1. The molecule has 2 aromatic carbocycles. The minimum atomic E-state index is -0.720. The van der Waals surface area contributed by atoms with Crippen molar-refractivity contribution in [3.63, 3.8) is 0 Å². The highest BCUT2D eigenvalue weighted by Crippen LogP contribution is 2.33. The molecular formula is C36H49N7O4S3. The number of aromatic nitrogens is 4. The summed E-state index contributed by atoms with van der Waals surface area (Å²) in [5, 5.41) is 5.37. The Balaban J connectivity index is 0.00000289. The number of benzene rings is 2. The van der Waals surface area contributed by atoms with E-state index in [0.717, 1.165) is 58.6 Å². The Morgan fingerprint density at radius 3 is 2.30 bits per heavy atom. The first-order valence-corrected chi connectivity index (χ1v) is 16.1. The molecule has 11 nitrogen and oxygen atoms in total. The SMILES string of the molecule is COC(=O)N[C@H](C(=O)NCc1ncc(-c2ccc(C#Cc3ccc4nc([C@@H]5CCCN5C(=O)[C@@H](C)C(C)C)[nH]c4c3)cc2)[nH]1)C(C)C.S.S.S. The van der Waals surface area contributed by atoms with Gasteiger partial charge < -0.3 is 30.2 Å². The van der Waals surface area contributed by atoms with Gasteiger partial charge in [-0.2, -0.15) is 40.5 Å². The largest absolute Gasteiger partial charge is 0.453 e. The fourth-order valence-corrected chi connectivity index (χ4v) is 5.60. The zero-order chi connectivity index (χ0) is 33.7. The monoisotopic (exact) mass is 739 g/mol. The zero-order valence-electron chi connectivity index (χ0n) is 29.3. The molecule has 0 saturated carbocycles. The second-order valence-electron chi connectivity index (χ2n) is 12.7. The van der Waals surface area contributed by atoms with E-state index in [9.17, 15) is 14.4 Å². The van der Waals surface area contributed by atoms with Crippen molar-refractivity contribution >= 4 is 69.4 Å². The number of hydrogen-bond donors (Lipinski definition) is 4. The lowest BCUT2D eigenvalue weighted by atomic mass is 9.96. The fraction of sp³-hybridized carbons (Fsp3) is 0.417. The molecule has 0 bridgehead atoms. The first-order chi connectivity index (χ1) is 22.5. The quantitative estimate of drug-likeness (QED) is 0.164. The maximum atomic E-state index is 13.1. The number of amides is 3. The van der Waals surface area contributed by atoms with Crippen molar-refractivity contribution in [3.05, 3.63) is 71.4 Å². The van der Waals surface area contributed by atoms with Gasteiger partial charge in [0.2, 0.25) is 11.8 Å². The van der Waals surface area contributed by atoms with Gasteiger partial charge in [0.05, 0.1) is 42.6 Å². The summed E-state index contributed by atoms with van der Waals surface area (Å²) in [5.74, 6) is 7.95. The molecule has 0 aliphatic carbocycles. The van der Waals surface area contributed by atoms with Crippen LogP contribution in [0.4, 0.5) is 4.79 Å². The molecule has 50 heavy (non-hydrogen) atoms. The van der Waals surface area contributed by atoms with Crippen LogP contribution in [0.15, 0.2) is 48.7 Å². The van der Waals surface area contributed by atoms with E-state index in [1.807, 2.05) is 68.1 Å². The van der Waals surface area contributed by atoms with Crippen LogP contribution in [0.1, 0.15) is 76.3 Å². The molecule has 1 aliphatic heterocycles. The molecule has 1 fully saturated rings. The molecule has 3 amide bonds. The number of imidazole rings is 2. The summed E-state index contributed by atoms with van der Waals surface area (Å²) in [6, 6.07) is 13.0. The Labute approximate surface area is 314 Å². The van der Waals surface area contributed by atoms with Crippen LogP contribution in [-0.2, 0) is 20.9 Å². The summed E-state index contributed by atoms with van der Waals surface area (Å²) in [6.07, 6.45) is 2.95. The third-order valence-electron chi connectivity index (χ3n) is 8.75. The minimum Gasteiger partial charge on any atom is -0.453 e. The second kappa shape index (κ2) is 18.8. The Kier molecular flexibility index (Phi) is 15.8. The number of hydrogen-bond acceptors (Lipinski definition) is 6. The predicted octanol–water partition coefficient (Wildman–Crippen LogP) is 5.64. The lowest BCUT2D eigenvalue weighted by molar-refractivity contribution is -0.137. The predicted molar refractivity (Wildman–Crippen MR) is 211 cm³/mol. The number of carbonyl (C=O) groups is 3. The van der Waals surface area contributed by atoms with Crippen LogP contribution < -0.4 is 10.6 Å². The molecule has 2 aromatic heterocycles. The average molecular weight is 740 g/mol. The number of H-pyrrole nitrogens is 2. The van der Waals surface area contributed by atoms with E-state index < -0.39 is 12.1 Å². The van der Waals surface area contributed by atoms with Gasteiger partial charge in [-0.15, -0.1) is 0 Å². The zero-order valence-corrected chi connectivity index (χ0v) is 32.3. The molecule has 3 atom stereocenters. The lowest BCUT2D eigenvalue weighted by Gasteiger charge is -2.27. The van der Waals surface area contributed by atoms with Crippen molar-refractivity contribution in [2.75, 3.05) is 13.7 Å². The summed E-state index contributed by atoms with van der Waals surface area (Å²) in [4.78, 5) is 55.3. The number of nitrogens with one attached hydrogen (secondary N) is 4. The van der Waals surface area contributed by atoms with Gasteiger partial charge in [-0.1, -0.05) is 58.6 Å². The molecule has 14 heteroatoms. The maximum absolute atomic E-state index is 13.1. The van der Waals surface area contributed by atoms with Crippen molar-refractivity contribution in [1.82, 2.24) is 35.5 Å². The standard InChI is InChI=1S/C36H43N7O4.3H2S/c1-21(2)23(5)35(45)43-17-7-8-30(43)33-40-27-16-13-25(18-28(27)41-33)10-9-24-11-14-26(15-12-24)29-19-37-31(39-29)20-38-34(44)32(22(3)4)42-36(46)47-6;;;/h11-16,18-19,21-23,30,32H,7-8,17,20H2,1-6H3,(H,37,39)(H,38,44)(H,40,41)(H,42,46);3*1H2/t23-,30-,32-;;;/m0.../s1. The highest BCUT2D eigenvalue weighted by molar-refractivity contribution is 7.59. The summed E-state index contributed by atoms with van der Waals surface area (Å²) in [7, 11) is 1.26. The van der Waals surface area contributed by atoms with Crippen LogP contribution in [-0.4, -0.2) is 62.4 Å². The van der Waals surface area contributed by atoms with Gasteiger partial charge in [0.15, 0.2) is 0 Å². The lowest BCUT2D eigenvalue weighted by Crippen LogP contribution is -2.49. The van der Waals surface area contributed by atoms with Crippen molar-refractivity contribution in [2.24, 2.45) is 17.8 Å². The molecule has 0 spiro atoms. The fourth-order valence-electron chi connectivity index (χ4n) is 5.60. The van der Waals surface area contributed by atoms with E-state index in [1.54, 1.807) is 6.20 Å². The van der Waals surface area contributed by atoms with Crippen LogP contribution in [0, 0.1) is 29.6 Å². The topological polar surface area (TPSA) is 145 Å². The van der Waals surface area contributed by atoms with Crippen LogP contribution >= 0.6 is 40.5 Å². The van der Waals surface area contributed by atoms with Crippen molar-refractivity contribution in [1.29, 1.82) is 0 Å². The van der Waals surface area contributed by atoms with Gasteiger partial charge in [0, 0.05) is 23.6 Å². The number of ether oxygens (including phenoxy) is 1. The second-order valence-corrected chi connectivity index (χ2v) is 12.7. The number of likely N-dealkylation sites (tertiary alicyclic amines) is 1. The van der Waals surface area contributed by atoms with E-state index in [4.69, 9.17) is 4.98 Å². The Hall–Kier alpha value is -4.06. The van der Waals surface area contributed by atoms with E-state index in [2.05, 4.69) is 56.0 Å². The number of methoxy groups -OCH3 is 1. The smallest absolute Gasteiger partial charge is 0.407 e. The van der Waals surface area contributed by atoms with Gasteiger partial charge in [-0.05, 0) is 60.6 Å². The summed E-state index contributed by atoms with van der Waals surface area (Å²) < 4.78 is 4.62. The van der Waals surface area contributed by atoms with Crippen molar-refractivity contribution in [2.45, 2.75) is 66.1 Å². The highest BCUT2D eigenvalue weighted by Gasteiger charge is 2.35. The van der Waals surface area contributed by atoms with Gasteiger partial charge in [-0.3, -0.25) is 9.59 Å².